The molecule has 3 aliphatic carbocycles. The first kappa shape index (κ1) is 15.9. The fourth-order valence-electron chi connectivity index (χ4n) is 5.77. The Bertz CT molecular complexity index is 779. The second-order valence-electron chi connectivity index (χ2n) is 8.13. The van der Waals surface area contributed by atoms with Crippen LogP contribution in [0.3, 0.4) is 0 Å². The molecule has 1 aromatic heterocycles. The Kier molecular flexibility index (Phi) is 3.74. The molecular formula is C21H24BrN3. The van der Waals surface area contributed by atoms with Crippen LogP contribution in [0.5, 0.6) is 0 Å². The van der Waals surface area contributed by atoms with Crippen molar-refractivity contribution in [3.05, 3.63) is 35.7 Å². The van der Waals surface area contributed by atoms with Gasteiger partial charge < -0.3 is 0 Å². The van der Waals surface area contributed by atoms with Crippen molar-refractivity contribution >= 4 is 32.9 Å². The minimum absolute atomic E-state index is 0.0193. The van der Waals surface area contributed by atoms with E-state index in [1.807, 2.05) is 0 Å². The molecule has 2 aromatic rings. The van der Waals surface area contributed by atoms with Crippen LogP contribution in [-0.4, -0.2) is 15.7 Å². The molecule has 1 aromatic carbocycles. The van der Waals surface area contributed by atoms with Crippen molar-refractivity contribution in [1.82, 2.24) is 9.97 Å². The third-order valence-corrected chi connectivity index (χ3v) is 7.24. The lowest BCUT2D eigenvalue weighted by Gasteiger charge is -2.39. The van der Waals surface area contributed by atoms with Crippen LogP contribution in [0.1, 0.15) is 75.6 Å². The molecule has 3 nitrogen and oxygen atoms in total. The Labute approximate surface area is 157 Å². The van der Waals surface area contributed by atoms with Gasteiger partial charge in [-0.25, -0.2) is 14.0 Å². The lowest BCUT2D eigenvalue weighted by Crippen LogP contribution is -2.44. The number of benzene rings is 1. The molecule has 4 heteroatoms. The van der Waals surface area contributed by atoms with E-state index in [0.717, 1.165) is 11.0 Å². The summed E-state index contributed by atoms with van der Waals surface area (Å²) >= 11 is 3.54. The Morgan fingerprint density at radius 2 is 1.16 bits per heavy atom. The lowest BCUT2D eigenvalue weighted by molar-refractivity contribution is 0.350. The van der Waals surface area contributed by atoms with Crippen LogP contribution >= 0.6 is 16.1 Å². The highest BCUT2D eigenvalue weighted by Gasteiger charge is 2.59. The van der Waals surface area contributed by atoms with Crippen molar-refractivity contribution in [2.45, 2.75) is 75.0 Å². The molecule has 1 heterocycles. The zero-order valence-corrected chi connectivity index (χ0v) is 16.2. The smallest absolute Gasteiger partial charge is 0.0890 e. The number of hydrogen-bond donors (Lipinski definition) is 0. The third-order valence-electron chi connectivity index (χ3n) is 6.88. The van der Waals surface area contributed by atoms with Crippen LogP contribution in [0.4, 0.5) is 0 Å². The third kappa shape index (κ3) is 2.12. The van der Waals surface area contributed by atoms with Gasteiger partial charge in [-0.2, -0.15) is 0 Å². The molecule has 2 fully saturated rings. The van der Waals surface area contributed by atoms with Crippen LogP contribution in [0.2, 0.25) is 0 Å². The first-order chi connectivity index (χ1) is 12.3. The average molecular weight is 398 g/mol. The number of hydrogen-bond acceptors (Lipinski definition) is 3. The topological polar surface area (TPSA) is 38.1 Å². The van der Waals surface area contributed by atoms with E-state index in [1.165, 1.54) is 81.3 Å². The number of rotatable bonds is 0. The van der Waals surface area contributed by atoms with Gasteiger partial charge in [-0.15, -0.1) is 0 Å². The minimum Gasteiger partial charge on any atom is -0.248 e. The van der Waals surface area contributed by atoms with Gasteiger partial charge in [-0.3, -0.25) is 0 Å². The van der Waals surface area contributed by atoms with E-state index >= 15 is 0 Å². The minimum atomic E-state index is 0.0193. The average Bonchev–Trinajstić information content (AvgIpc) is 2.87. The Hall–Kier alpha value is -1.29. The molecular weight excluding hydrogens is 374 g/mol. The summed E-state index contributed by atoms with van der Waals surface area (Å²) in [6.07, 6.45) is 12.5. The largest absolute Gasteiger partial charge is 0.248 e. The summed E-state index contributed by atoms with van der Waals surface area (Å²) in [4.78, 5) is 10.4. The molecule has 0 saturated heterocycles. The Morgan fingerprint density at radius 1 is 0.720 bits per heavy atom. The standard InChI is InChI=1S/C21H24BrN3/c22-25-19-20(11-5-1-6-12-20)17-18(21(19)13-7-2-8-14-21)24-16-10-4-3-9-15(16)23-17/h3-4,9-10H,1-2,5-8,11-14H2. The number of nitrogens with zero attached hydrogens (tertiary/aromatic N) is 3. The normalized spacial score (nSPS) is 24.0. The van der Waals surface area contributed by atoms with Gasteiger partial charge in [-0.1, -0.05) is 50.7 Å². The predicted molar refractivity (Wildman–Crippen MR) is 105 cm³/mol. The first-order valence-corrected chi connectivity index (χ1v) is 10.5. The second kappa shape index (κ2) is 5.87. The molecule has 0 N–H and O–H groups in total. The summed E-state index contributed by atoms with van der Waals surface area (Å²) in [5, 5.41) is 0. The zero-order valence-electron chi connectivity index (χ0n) is 14.6. The molecule has 3 aliphatic rings. The van der Waals surface area contributed by atoms with E-state index in [4.69, 9.17) is 14.0 Å². The van der Waals surface area contributed by atoms with E-state index < -0.39 is 0 Å². The van der Waals surface area contributed by atoms with Crippen molar-refractivity contribution in [3.8, 4) is 0 Å². The maximum atomic E-state index is 5.22. The molecule has 2 spiro atoms. The predicted octanol–water partition coefficient (Wildman–Crippen LogP) is 5.80. The van der Waals surface area contributed by atoms with Crippen molar-refractivity contribution < 1.29 is 0 Å². The molecule has 2 saturated carbocycles. The summed E-state index contributed by atoms with van der Waals surface area (Å²) < 4.78 is 4.80. The fourth-order valence-corrected chi connectivity index (χ4v) is 6.45. The van der Waals surface area contributed by atoms with Crippen LogP contribution < -0.4 is 0 Å². The fraction of sp³-hybridized carbons (Fsp3) is 0.571. The molecule has 25 heavy (non-hydrogen) atoms. The molecule has 0 radical (unpaired) electrons. The van der Waals surface area contributed by atoms with E-state index in [0.29, 0.717) is 0 Å². The van der Waals surface area contributed by atoms with Gasteiger partial charge in [0.1, 0.15) is 0 Å². The summed E-state index contributed by atoms with van der Waals surface area (Å²) in [6.45, 7) is 0. The van der Waals surface area contributed by atoms with E-state index in [-0.39, 0.29) is 10.8 Å². The van der Waals surface area contributed by atoms with Gasteiger partial charge in [0.05, 0.1) is 55.1 Å². The van der Waals surface area contributed by atoms with Crippen LogP contribution in [0.25, 0.3) is 11.0 Å². The van der Waals surface area contributed by atoms with Crippen molar-refractivity contribution in [1.29, 1.82) is 0 Å². The molecule has 0 aliphatic heterocycles. The van der Waals surface area contributed by atoms with Crippen LogP contribution in [-0.2, 0) is 10.8 Å². The van der Waals surface area contributed by atoms with Gasteiger partial charge in [0.15, 0.2) is 0 Å². The second-order valence-corrected chi connectivity index (χ2v) is 8.48. The molecule has 0 bridgehead atoms. The molecule has 130 valence electrons. The maximum absolute atomic E-state index is 5.22. The molecule has 0 unspecified atom stereocenters. The summed E-state index contributed by atoms with van der Waals surface area (Å²) in [6, 6.07) is 8.36. The SMILES string of the molecule is BrN=C1C2(CCCCC2)c2nc3ccccc3nc2C12CCCCC2. The highest BCUT2D eigenvalue weighted by Crippen LogP contribution is 2.58. The van der Waals surface area contributed by atoms with Crippen LogP contribution in [0, 0.1) is 0 Å². The summed E-state index contributed by atoms with van der Waals surface area (Å²) in [7, 11) is 0. The van der Waals surface area contributed by atoms with E-state index in [1.54, 1.807) is 0 Å². The highest BCUT2D eigenvalue weighted by molar-refractivity contribution is 9.08. The molecule has 0 atom stereocenters. The first-order valence-electron chi connectivity index (χ1n) is 9.78. The van der Waals surface area contributed by atoms with Crippen LogP contribution in [0.15, 0.2) is 28.3 Å². The van der Waals surface area contributed by atoms with Gasteiger partial charge in [0.25, 0.3) is 0 Å². The summed E-state index contributed by atoms with van der Waals surface area (Å²) in [5.41, 5.74) is 5.97. The zero-order chi connectivity index (χ0) is 16.9. The lowest BCUT2D eigenvalue weighted by atomic mass is 9.64. The molecule has 0 amide bonds. The Morgan fingerprint density at radius 3 is 1.56 bits per heavy atom. The van der Waals surface area contributed by atoms with Gasteiger partial charge in [-0.05, 0) is 37.8 Å². The number of para-hydroxylation sites is 2. The van der Waals surface area contributed by atoms with Crippen molar-refractivity contribution in [2.24, 2.45) is 4.02 Å². The summed E-state index contributed by atoms with van der Waals surface area (Å²) in [5.74, 6) is 0. The number of aromatic nitrogens is 2. The van der Waals surface area contributed by atoms with Gasteiger partial charge in [0, 0.05) is 0 Å². The number of halogens is 1. The van der Waals surface area contributed by atoms with E-state index in [2.05, 4.69) is 40.4 Å². The van der Waals surface area contributed by atoms with Crippen molar-refractivity contribution in [2.75, 3.05) is 0 Å². The number of fused-ring (bicyclic) bond motifs is 4. The van der Waals surface area contributed by atoms with Gasteiger partial charge >= 0.3 is 0 Å². The monoisotopic (exact) mass is 397 g/mol. The quantitative estimate of drug-likeness (QED) is 0.563. The van der Waals surface area contributed by atoms with E-state index in [9.17, 15) is 0 Å². The Balaban J connectivity index is 1.82. The molecule has 5 rings (SSSR count). The highest BCUT2D eigenvalue weighted by atomic mass is 79.9. The maximum Gasteiger partial charge on any atom is 0.0890 e. The van der Waals surface area contributed by atoms with Crippen molar-refractivity contribution in [3.63, 3.8) is 0 Å². The van der Waals surface area contributed by atoms with Gasteiger partial charge in [0.2, 0.25) is 0 Å².